The number of carbonyl (C=O) groups excluding carboxylic acids is 3. The van der Waals surface area contributed by atoms with Crippen LogP contribution in [0.25, 0.3) is 0 Å². The Hall–Kier alpha value is -2.59. The molecule has 3 atom stereocenters. The Labute approximate surface area is 184 Å². The molecule has 5 N–H and O–H groups in total. The van der Waals surface area contributed by atoms with Gasteiger partial charge in [-0.15, -0.1) is 0 Å². The Kier molecular flexibility index (Phi) is 11.1. The second-order valence-corrected chi connectivity index (χ2v) is 8.31. The molecule has 0 aromatic heterocycles. The summed E-state index contributed by atoms with van der Waals surface area (Å²) in [6, 6.07) is 7.30. The van der Waals surface area contributed by atoms with Gasteiger partial charge in [0.1, 0.15) is 18.7 Å². The molecule has 1 aromatic rings. The predicted octanol–water partition coefficient (Wildman–Crippen LogP) is 0.985. The van der Waals surface area contributed by atoms with Gasteiger partial charge < -0.3 is 30.7 Å². The monoisotopic (exact) mass is 435 g/mol. The number of rotatable bonds is 11. The van der Waals surface area contributed by atoms with Crippen LogP contribution in [0.5, 0.6) is 0 Å². The standard InChI is InChI=1S/C21H34BN3O6/c1-13(2)11-17(20(27)25-18(14(3)4)22(29)30)24-19(26)15(5)23-21(28)31-12-16-9-7-6-8-10-16/h6-10,13-15,17-18,29-30H,11-12H2,1-5H3,(H,23,28)(H,24,26)(H,25,27)/t15-,17-,18-/m0/s1. The van der Waals surface area contributed by atoms with Crippen molar-refractivity contribution in [1.29, 1.82) is 0 Å². The van der Waals surface area contributed by atoms with Crippen molar-refractivity contribution in [1.82, 2.24) is 16.0 Å². The van der Waals surface area contributed by atoms with Gasteiger partial charge in [0.05, 0.1) is 5.94 Å². The maximum Gasteiger partial charge on any atom is 0.475 e. The van der Waals surface area contributed by atoms with Gasteiger partial charge in [0.15, 0.2) is 0 Å². The summed E-state index contributed by atoms with van der Waals surface area (Å²) in [5, 5.41) is 26.6. The van der Waals surface area contributed by atoms with E-state index in [0.29, 0.717) is 6.42 Å². The molecule has 0 fully saturated rings. The highest BCUT2D eigenvalue weighted by molar-refractivity contribution is 6.43. The van der Waals surface area contributed by atoms with E-state index in [9.17, 15) is 24.4 Å². The lowest BCUT2D eigenvalue weighted by atomic mass is 9.73. The summed E-state index contributed by atoms with van der Waals surface area (Å²) in [6.07, 6.45) is -0.408. The van der Waals surface area contributed by atoms with Crippen molar-refractivity contribution in [2.45, 2.75) is 65.7 Å². The summed E-state index contributed by atoms with van der Waals surface area (Å²) >= 11 is 0. The quantitative estimate of drug-likeness (QED) is 0.329. The van der Waals surface area contributed by atoms with Crippen LogP contribution in [0.4, 0.5) is 4.79 Å². The van der Waals surface area contributed by atoms with Crippen LogP contribution < -0.4 is 16.0 Å². The minimum absolute atomic E-state index is 0.0689. The van der Waals surface area contributed by atoms with Crippen molar-refractivity contribution in [3.05, 3.63) is 35.9 Å². The van der Waals surface area contributed by atoms with E-state index in [1.165, 1.54) is 6.92 Å². The average molecular weight is 435 g/mol. The minimum Gasteiger partial charge on any atom is -0.445 e. The maximum atomic E-state index is 12.7. The molecule has 0 aliphatic rings. The first-order valence-electron chi connectivity index (χ1n) is 10.4. The van der Waals surface area contributed by atoms with Gasteiger partial charge in [-0.05, 0) is 30.7 Å². The number of hydrogen-bond donors (Lipinski definition) is 5. The summed E-state index contributed by atoms with van der Waals surface area (Å²) in [7, 11) is -1.72. The van der Waals surface area contributed by atoms with Crippen molar-refractivity contribution >= 4 is 25.0 Å². The van der Waals surface area contributed by atoms with Crippen LogP contribution >= 0.6 is 0 Å². The molecule has 172 valence electrons. The van der Waals surface area contributed by atoms with Crippen LogP contribution in [-0.2, 0) is 20.9 Å². The molecule has 10 heteroatoms. The molecule has 1 aromatic carbocycles. The number of hydrogen-bond acceptors (Lipinski definition) is 6. The topological polar surface area (TPSA) is 137 Å². The molecule has 0 aliphatic carbocycles. The first-order valence-corrected chi connectivity index (χ1v) is 10.4. The van der Waals surface area contributed by atoms with Crippen molar-refractivity contribution in [3.63, 3.8) is 0 Å². The Morgan fingerprint density at radius 1 is 0.935 bits per heavy atom. The van der Waals surface area contributed by atoms with E-state index in [4.69, 9.17) is 4.74 Å². The maximum absolute atomic E-state index is 12.7. The number of nitrogens with one attached hydrogen (secondary N) is 3. The summed E-state index contributed by atoms with van der Waals surface area (Å²) in [6.45, 7) is 8.84. The van der Waals surface area contributed by atoms with Gasteiger partial charge in [0.2, 0.25) is 11.8 Å². The van der Waals surface area contributed by atoms with Gasteiger partial charge in [-0.3, -0.25) is 9.59 Å². The third kappa shape index (κ3) is 9.84. The predicted molar refractivity (Wildman–Crippen MR) is 118 cm³/mol. The highest BCUT2D eigenvalue weighted by Crippen LogP contribution is 2.09. The van der Waals surface area contributed by atoms with Gasteiger partial charge in [0, 0.05) is 0 Å². The minimum atomic E-state index is -1.72. The lowest BCUT2D eigenvalue weighted by Gasteiger charge is -2.27. The number of alkyl carbamates (subject to hydrolysis) is 1. The molecule has 3 amide bonds. The van der Waals surface area contributed by atoms with Gasteiger partial charge in [-0.2, -0.15) is 0 Å². The number of benzene rings is 1. The van der Waals surface area contributed by atoms with E-state index >= 15 is 0 Å². The summed E-state index contributed by atoms with van der Waals surface area (Å²) in [4.78, 5) is 37.2. The molecule has 0 radical (unpaired) electrons. The molecular weight excluding hydrogens is 401 g/mol. The molecule has 0 bridgehead atoms. The van der Waals surface area contributed by atoms with Crippen LogP contribution in [0.2, 0.25) is 0 Å². The number of amides is 3. The lowest BCUT2D eigenvalue weighted by Crippen LogP contribution is -2.57. The molecule has 1 rings (SSSR count). The van der Waals surface area contributed by atoms with Crippen LogP contribution in [0.15, 0.2) is 30.3 Å². The lowest BCUT2D eigenvalue weighted by molar-refractivity contribution is -0.130. The van der Waals surface area contributed by atoms with E-state index in [-0.39, 0.29) is 18.4 Å². The van der Waals surface area contributed by atoms with E-state index < -0.39 is 43.1 Å². The molecule has 0 heterocycles. The van der Waals surface area contributed by atoms with E-state index in [2.05, 4.69) is 16.0 Å². The first-order chi connectivity index (χ1) is 14.5. The van der Waals surface area contributed by atoms with E-state index in [0.717, 1.165) is 5.56 Å². The molecule has 0 aliphatic heterocycles. The Morgan fingerprint density at radius 2 is 1.55 bits per heavy atom. The Balaban J connectivity index is 2.66. The zero-order chi connectivity index (χ0) is 23.6. The Bertz CT molecular complexity index is 706. The van der Waals surface area contributed by atoms with Crippen molar-refractivity contribution in [2.24, 2.45) is 11.8 Å². The van der Waals surface area contributed by atoms with Crippen LogP contribution in [-0.4, -0.2) is 53.1 Å². The largest absolute Gasteiger partial charge is 0.475 e. The summed E-state index contributed by atoms with van der Waals surface area (Å²) in [5.41, 5.74) is 0.814. The van der Waals surface area contributed by atoms with Crippen molar-refractivity contribution in [2.75, 3.05) is 0 Å². The zero-order valence-electron chi connectivity index (χ0n) is 18.8. The van der Waals surface area contributed by atoms with Crippen molar-refractivity contribution < 1.29 is 29.2 Å². The second-order valence-electron chi connectivity index (χ2n) is 8.31. The molecule has 0 saturated carbocycles. The number of carbonyl (C=O) groups is 3. The first kappa shape index (κ1) is 26.5. The van der Waals surface area contributed by atoms with Crippen LogP contribution in [0, 0.1) is 11.8 Å². The molecule has 9 nitrogen and oxygen atoms in total. The highest BCUT2D eigenvalue weighted by Gasteiger charge is 2.32. The smallest absolute Gasteiger partial charge is 0.445 e. The van der Waals surface area contributed by atoms with Crippen molar-refractivity contribution in [3.8, 4) is 0 Å². The van der Waals surface area contributed by atoms with Gasteiger partial charge in [-0.25, -0.2) is 4.79 Å². The fourth-order valence-electron chi connectivity index (χ4n) is 2.86. The van der Waals surface area contributed by atoms with Gasteiger partial charge in [-0.1, -0.05) is 58.0 Å². The Morgan fingerprint density at radius 3 is 2.06 bits per heavy atom. The number of ether oxygens (including phenoxy) is 1. The van der Waals surface area contributed by atoms with Crippen LogP contribution in [0.3, 0.4) is 0 Å². The van der Waals surface area contributed by atoms with E-state index in [1.54, 1.807) is 13.8 Å². The van der Waals surface area contributed by atoms with Gasteiger partial charge >= 0.3 is 13.2 Å². The molecule has 31 heavy (non-hydrogen) atoms. The average Bonchev–Trinajstić information content (AvgIpc) is 2.69. The molecule has 0 spiro atoms. The zero-order valence-corrected chi connectivity index (χ0v) is 18.8. The third-order valence-electron chi connectivity index (χ3n) is 4.63. The second kappa shape index (κ2) is 13.0. The van der Waals surface area contributed by atoms with Gasteiger partial charge in [0.25, 0.3) is 0 Å². The molecule has 0 saturated heterocycles. The van der Waals surface area contributed by atoms with Crippen LogP contribution in [0.1, 0.15) is 46.6 Å². The highest BCUT2D eigenvalue weighted by atomic mass is 16.5. The molecular formula is C21H34BN3O6. The summed E-state index contributed by atoms with van der Waals surface area (Å²) < 4.78 is 5.11. The molecule has 0 unspecified atom stereocenters. The normalized spacial score (nSPS) is 13.8. The fraction of sp³-hybridized carbons (Fsp3) is 0.571. The third-order valence-corrected chi connectivity index (χ3v) is 4.63. The SMILES string of the molecule is CC(C)C[C@H](NC(=O)[C@H](C)NC(=O)OCc1ccccc1)C(=O)N[C@H](B(O)O)C(C)C. The summed E-state index contributed by atoms with van der Waals surface area (Å²) in [5.74, 6) is -2.08. The van der Waals surface area contributed by atoms with E-state index in [1.807, 2.05) is 44.2 Å². The fourth-order valence-corrected chi connectivity index (χ4v) is 2.86.